The number of anilines is 1. The Hall–Kier alpha value is -4.14. The largest absolute Gasteiger partial charge is 0.497 e. The lowest BCUT2D eigenvalue weighted by atomic mass is 10.1. The second kappa shape index (κ2) is 10.3. The standard InChI is InChI=1S/C29H23ClN2O5S/c1-37-23-13-8-19(9-14-23)17-31-28(33)21-10-15-27-25(16-21)32(18-20-6-11-22(30)12-7-20)29(34)24-4-2-3-5-26(24)38(27,35)36/h2-16H,17-18H2,1H3,(H,31,33). The maximum Gasteiger partial charge on any atom is 0.259 e. The van der Waals surface area contributed by atoms with E-state index in [0.717, 1.165) is 11.1 Å². The zero-order chi connectivity index (χ0) is 26.9. The highest BCUT2D eigenvalue weighted by atomic mass is 35.5. The summed E-state index contributed by atoms with van der Waals surface area (Å²) >= 11 is 6.03. The van der Waals surface area contributed by atoms with Crippen LogP contribution in [0.2, 0.25) is 5.02 Å². The van der Waals surface area contributed by atoms with Crippen LogP contribution < -0.4 is 15.0 Å². The van der Waals surface area contributed by atoms with E-state index in [1.807, 2.05) is 12.1 Å². The zero-order valence-electron chi connectivity index (χ0n) is 20.3. The van der Waals surface area contributed by atoms with Crippen LogP contribution in [0.3, 0.4) is 0 Å². The molecule has 0 fully saturated rings. The molecule has 38 heavy (non-hydrogen) atoms. The van der Waals surface area contributed by atoms with Crippen LogP contribution in [0.15, 0.2) is 101 Å². The molecule has 0 aliphatic carbocycles. The predicted molar refractivity (Wildman–Crippen MR) is 144 cm³/mol. The molecule has 5 rings (SSSR count). The average Bonchev–Trinajstić information content (AvgIpc) is 3.01. The fraction of sp³-hybridized carbons (Fsp3) is 0.103. The minimum Gasteiger partial charge on any atom is -0.497 e. The lowest BCUT2D eigenvalue weighted by molar-refractivity contribution is 0.0947. The van der Waals surface area contributed by atoms with E-state index in [-0.39, 0.29) is 39.7 Å². The van der Waals surface area contributed by atoms with Crippen molar-refractivity contribution in [1.82, 2.24) is 5.32 Å². The van der Waals surface area contributed by atoms with Gasteiger partial charge in [-0.05, 0) is 65.7 Å². The third kappa shape index (κ3) is 4.88. The van der Waals surface area contributed by atoms with Crippen molar-refractivity contribution in [3.8, 4) is 5.75 Å². The topological polar surface area (TPSA) is 92.8 Å². The van der Waals surface area contributed by atoms with Crippen LogP contribution in [-0.2, 0) is 22.9 Å². The number of nitrogens with zero attached hydrogens (tertiary/aromatic N) is 1. The van der Waals surface area contributed by atoms with Gasteiger partial charge >= 0.3 is 0 Å². The number of methoxy groups -OCH3 is 1. The number of benzene rings is 4. The van der Waals surface area contributed by atoms with Gasteiger partial charge in [0.05, 0.1) is 34.7 Å². The number of carbonyl (C=O) groups excluding carboxylic acids is 2. The van der Waals surface area contributed by atoms with E-state index < -0.39 is 21.7 Å². The van der Waals surface area contributed by atoms with Gasteiger partial charge < -0.3 is 15.0 Å². The average molecular weight is 547 g/mol. The molecule has 1 N–H and O–H groups in total. The maximum absolute atomic E-state index is 13.7. The number of hydrogen-bond donors (Lipinski definition) is 1. The molecule has 0 spiro atoms. The summed E-state index contributed by atoms with van der Waals surface area (Å²) in [7, 11) is -2.46. The van der Waals surface area contributed by atoms with E-state index >= 15 is 0 Å². The molecule has 4 aromatic carbocycles. The minimum atomic E-state index is -4.03. The van der Waals surface area contributed by atoms with Crippen LogP contribution in [0.4, 0.5) is 5.69 Å². The summed E-state index contributed by atoms with van der Waals surface area (Å²) in [6.07, 6.45) is 0. The highest BCUT2D eigenvalue weighted by molar-refractivity contribution is 7.91. The van der Waals surface area contributed by atoms with Crippen molar-refractivity contribution in [3.05, 3.63) is 118 Å². The van der Waals surface area contributed by atoms with Crippen LogP contribution in [-0.4, -0.2) is 27.3 Å². The quantitative estimate of drug-likeness (QED) is 0.355. The van der Waals surface area contributed by atoms with E-state index in [4.69, 9.17) is 16.3 Å². The molecule has 9 heteroatoms. The second-order valence-corrected chi connectivity index (χ2v) is 11.1. The van der Waals surface area contributed by atoms with Gasteiger partial charge in [0.1, 0.15) is 5.75 Å². The highest BCUT2D eigenvalue weighted by Crippen LogP contribution is 2.38. The van der Waals surface area contributed by atoms with Crippen LogP contribution in [0.1, 0.15) is 31.8 Å². The Morgan fingerprint density at radius 1 is 0.895 bits per heavy atom. The van der Waals surface area contributed by atoms with Gasteiger partial charge in [0.25, 0.3) is 11.8 Å². The Bertz CT molecular complexity index is 1630. The Morgan fingerprint density at radius 2 is 1.58 bits per heavy atom. The lowest BCUT2D eigenvalue weighted by Gasteiger charge is -2.23. The van der Waals surface area contributed by atoms with Gasteiger partial charge in [-0.25, -0.2) is 8.42 Å². The van der Waals surface area contributed by atoms with Crippen molar-refractivity contribution in [1.29, 1.82) is 0 Å². The van der Waals surface area contributed by atoms with Gasteiger partial charge in [0.2, 0.25) is 9.84 Å². The molecule has 1 aliphatic heterocycles. The number of fused-ring (bicyclic) bond motifs is 2. The van der Waals surface area contributed by atoms with Crippen molar-refractivity contribution >= 4 is 38.9 Å². The molecule has 7 nitrogen and oxygen atoms in total. The normalized spacial score (nSPS) is 13.7. The molecule has 4 aromatic rings. The number of amides is 2. The molecular weight excluding hydrogens is 524 g/mol. The first-order valence-electron chi connectivity index (χ1n) is 11.7. The Kier molecular flexibility index (Phi) is 6.93. The minimum absolute atomic E-state index is 0.0449. The smallest absolute Gasteiger partial charge is 0.259 e. The van der Waals surface area contributed by atoms with Gasteiger partial charge in [0, 0.05) is 17.1 Å². The molecule has 0 atom stereocenters. The predicted octanol–water partition coefficient (Wildman–Crippen LogP) is 5.27. The van der Waals surface area contributed by atoms with Crippen molar-refractivity contribution < 1.29 is 22.7 Å². The fourth-order valence-corrected chi connectivity index (χ4v) is 6.06. The van der Waals surface area contributed by atoms with Gasteiger partial charge in [-0.3, -0.25) is 9.59 Å². The van der Waals surface area contributed by atoms with Crippen LogP contribution in [0, 0.1) is 0 Å². The van der Waals surface area contributed by atoms with E-state index in [1.165, 1.54) is 35.2 Å². The lowest BCUT2D eigenvalue weighted by Crippen LogP contribution is -2.31. The summed E-state index contributed by atoms with van der Waals surface area (Å²) in [5, 5.41) is 3.39. The second-order valence-electron chi connectivity index (χ2n) is 8.73. The SMILES string of the molecule is COc1ccc(CNC(=O)c2ccc3c(c2)N(Cc2ccc(Cl)cc2)C(=O)c2ccccc2S3(=O)=O)cc1. The van der Waals surface area contributed by atoms with E-state index in [2.05, 4.69) is 5.32 Å². The molecule has 0 bridgehead atoms. The molecule has 0 saturated heterocycles. The summed E-state index contributed by atoms with van der Waals surface area (Å²) in [6, 6.07) is 24.6. The van der Waals surface area contributed by atoms with Crippen molar-refractivity contribution in [2.24, 2.45) is 0 Å². The van der Waals surface area contributed by atoms with Crippen LogP contribution >= 0.6 is 11.6 Å². The highest BCUT2D eigenvalue weighted by Gasteiger charge is 2.36. The Labute approximate surface area is 225 Å². The summed E-state index contributed by atoms with van der Waals surface area (Å²) < 4.78 is 32.4. The van der Waals surface area contributed by atoms with E-state index in [9.17, 15) is 18.0 Å². The summed E-state index contributed by atoms with van der Waals surface area (Å²) in [4.78, 5) is 28.1. The van der Waals surface area contributed by atoms with Gasteiger partial charge in [0.15, 0.2) is 0 Å². The molecule has 192 valence electrons. The molecule has 0 radical (unpaired) electrons. The van der Waals surface area contributed by atoms with Crippen LogP contribution in [0.5, 0.6) is 5.75 Å². The van der Waals surface area contributed by atoms with Crippen LogP contribution in [0.25, 0.3) is 0 Å². The van der Waals surface area contributed by atoms with Gasteiger partial charge in [-0.15, -0.1) is 0 Å². The van der Waals surface area contributed by atoms with E-state index in [1.54, 1.807) is 55.6 Å². The molecule has 0 saturated carbocycles. The number of rotatable bonds is 6. The number of sulfone groups is 1. The van der Waals surface area contributed by atoms with Crippen molar-refractivity contribution in [2.45, 2.75) is 22.9 Å². The fourth-order valence-electron chi connectivity index (χ4n) is 4.30. The molecule has 2 amide bonds. The molecule has 1 heterocycles. The van der Waals surface area contributed by atoms with E-state index in [0.29, 0.717) is 10.8 Å². The maximum atomic E-state index is 13.7. The monoisotopic (exact) mass is 546 g/mol. The first-order chi connectivity index (χ1) is 18.3. The molecule has 0 unspecified atom stereocenters. The molecular formula is C29H23ClN2O5S. The number of halogens is 1. The third-order valence-electron chi connectivity index (χ3n) is 6.32. The van der Waals surface area contributed by atoms with Gasteiger partial charge in [-0.1, -0.05) is 48.0 Å². The first kappa shape index (κ1) is 25.5. The molecule has 1 aliphatic rings. The van der Waals surface area contributed by atoms with Crippen molar-refractivity contribution in [3.63, 3.8) is 0 Å². The first-order valence-corrected chi connectivity index (χ1v) is 13.6. The zero-order valence-corrected chi connectivity index (χ0v) is 21.9. The number of carbonyl (C=O) groups is 2. The Morgan fingerprint density at radius 3 is 2.29 bits per heavy atom. The summed E-state index contributed by atoms with van der Waals surface area (Å²) in [5.41, 5.74) is 2.06. The number of hydrogen-bond acceptors (Lipinski definition) is 5. The van der Waals surface area contributed by atoms with Gasteiger partial charge in [-0.2, -0.15) is 0 Å². The molecule has 0 aromatic heterocycles. The number of nitrogens with one attached hydrogen (secondary N) is 1. The third-order valence-corrected chi connectivity index (χ3v) is 8.43. The van der Waals surface area contributed by atoms with Crippen molar-refractivity contribution in [2.75, 3.05) is 12.0 Å². The Balaban J connectivity index is 1.54. The number of ether oxygens (including phenoxy) is 1. The summed E-state index contributed by atoms with van der Waals surface area (Å²) in [6.45, 7) is 0.348. The summed E-state index contributed by atoms with van der Waals surface area (Å²) in [5.74, 6) is -0.172.